The van der Waals surface area contributed by atoms with Crippen LogP contribution < -0.4 is 16.9 Å². The van der Waals surface area contributed by atoms with Crippen molar-refractivity contribution in [3.63, 3.8) is 0 Å². The van der Waals surface area contributed by atoms with E-state index in [1.165, 1.54) is 6.07 Å². The smallest absolute Gasteiger partial charge is 0.349 e. The number of benzene rings is 2. The van der Waals surface area contributed by atoms with Crippen molar-refractivity contribution in [2.45, 2.75) is 0 Å². The maximum atomic E-state index is 11.7. The van der Waals surface area contributed by atoms with Crippen molar-refractivity contribution in [2.75, 3.05) is 0 Å². The second kappa shape index (κ2) is 4.22. The van der Waals surface area contributed by atoms with Crippen molar-refractivity contribution < 1.29 is 9.21 Å². The van der Waals surface area contributed by atoms with E-state index in [1.54, 1.807) is 6.07 Å². The first kappa shape index (κ1) is 11.4. The van der Waals surface area contributed by atoms with Crippen LogP contribution in [0, 0.1) is 0 Å². The fourth-order valence-corrected chi connectivity index (χ4v) is 2.11. The lowest BCUT2D eigenvalue weighted by molar-refractivity contribution is 0.0950. The van der Waals surface area contributed by atoms with Gasteiger partial charge in [-0.1, -0.05) is 30.3 Å². The Kier molecular flexibility index (Phi) is 2.54. The van der Waals surface area contributed by atoms with E-state index in [1.807, 2.05) is 35.8 Å². The average molecular weight is 254 g/mol. The zero-order valence-electron chi connectivity index (χ0n) is 9.84. The second-order valence-electron chi connectivity index (χ2n) is 4.12. The molecule has 3 N–H and O–H groups in total. The molecule has 0 fully saturated rings. The summed E-state index contributed by atoms with van der Waals surface area (Å²) in [7, 11) is 0. The lowest BCUT2D eigenvalue weighted by Crippen LogP contribution is -2.33. The van der Waals surface area contributed by atoms with Gasteiger partial charge in [0.25, 0.3) is 5.91 Å². The number of rotatable bonds is 1. The number of fused-ring (bicyclic) bond motifs is 3. The molecule has 2 aromatic carbocycles. The first-order valence-corrected chi connectivity index (χ1v) is 5.67. The molecule has 0 saturated heterocycles. The van der Waals surface area contributed by atoms with Crippen molar-refractivity contribution in [2.24, 2.45) is 5.84 Å². The second-order valence-corrected chi connectivity index (χ2v) is 4.12. The van der Waals surface area contributed by atoms with Gasteiger partial charge in [0, 0.05) is 5.39 Å². The number of nitrogen functional groups attached to an aromatic ring is 1. The summed E-state index contributed by atoms with van der Waals surface area (Å²) in [6.07, 6.45) is 0. The fourth-order valence-electron chi connectivity index (χ4n) is 2.11. The van der Waals surface area contributed by atoms with Crippen molar-refractivity contribution >= 4 is 27.6 Å². The van der Waals surface area contributed by atoms with Crippen LogP contribution in [0.1, 0.15) is 10.4 Å². The van der Waals surface area contributed by atoms with E-state index in [0.717, 1.165) is 10.8 Å². The Bertz CT molecular complexity index is 852. The maximum Gasteiger partial charge on any atom is 0.349 e. The van der Waals surface area contributed by atoms with Crippen LogP contribution in [0.2, 0.25) is 0 Å². The molecule has 3 rings (SSSR count). The molecule has 1 aromatic heterocycles. The third-order valence-corrected chi connectivity index (χ3v) is 3.02. The SMILES string of the molecule is NNC(=O)c1cc2c(ccc3ccccc32)oc1=O. The maximum absolute atomic E-state index is 11.7. The minimum atomic E-state index is -0.703. The third-order valence-electron chi connectivity index (χ3n) is 3.02. The van der Waals surface area contributed by atoms with Crippen LogP contribution in [-0.4, -0.2) is 5.91 Å². The summed E-state index contributed by atoms with van der Waals surface area (Å²) in [5.41, 5.74) is 1.57. The Morgan fingerprint density at radius 3 is 2.68 bits per heavy atom. The number of hydrogen-bond acceptors (Lipinski definition) is 4. The number of carbonyl (C=O) groups excluding carboxylic acids is 1. The molecule has 1 heterocycles. The van der Waals surface area contributed by atoms with Crippen LogP contribution in [0.25, 0.3) is 21.7 Å². The number of carbonyl (C=O) groups is 1. The largest absolute Gasteiger partial charge is 0.422 e. The van der Waals surface area contributed by atoms with Crippen LogP contribution >= 0.6 is 0 Å². The van der Waals surface area contributed by atoms with E-state index in [4.69, 9.17) is 10.3 Å². The monoisotopic (exact) mass is 254 g/mol. The molecule has 5 heteroatoms. The van der Waals surface area contributed by atoms with Gasteiger partial charge in [-0.3, -0.25) is 10.2 Å². The average Bonchev–Trinajstić information content (AvgIpc) is 2.45. The molecule has 94 valence electrons. The van der Waals surface area contributed by atoms with Gasteiger partial charge < -0.3 is 4.42 Å². The van der Waals surface area contributed by atoms with Gasteiger partial charge >= 0.3 is 5.63 Å². The number of nitrogens with two attached hydrogens (primary N) is 1. The van der Waals surface area contributed by atoms with Gasteiger partial charge in [-0.25, -0.2) is 10.6 Å². The summed E-state index contributed by atoms with van der Waals surface area (Å²) in [6, 6.07) is 12.7. The van der Waals surface area contributed by atoms with E-state index in [0.29, 0.717) is 11.0 Å². The highest BCUT2D eigenvalue weighted by Gasteiger charge is 2.13. The van der Waals surface area contributed by atoms with Gasteiger partial charge in [0.1, 0.15) is 11.1 Å². The minimum absolute atomic E-state index is 0.105. The van der Waals surface area contributed by atoms with E-state index in [9.17, 15) is 9.59 Å². The summed E-state index contributed by atoms with van der Waals surface area (Å²) in [4.78, 5) is 23.2. The van der Waals surface area contributed by atoms with Crippen molar-refractivity contribution in [1.29, 1.82) is 0 Å². The van der Waals surface area contributed by atoms with Gasteiger partial charge in [-0.2, -0.15) is 0 Å². The quantitative estimate of drug-likeness (QED) is 0.227. The Balaban J connectivity index is 2.45. The summed E-state index contributed by atoms with van der Waals surface area (Å²) in [5, 5.41) is 2.62. The normalized spacial score (nSPS) is 10.8. The predicted molar refractivity (Wildman–Crippen MR) is 71.6 cm³/mol. The van der Waals surface area contributed by atoms with Gasteiger partial charge in [-0.15, -0.1) is 0 Å². The summed E-state index contributed by atoms with van der Waals surface area (Å²) in [6.45, 7) is 0. The lowest BCUT2D eigenvalue weighted by Gasteiger charge is -2.04. The third kappa shape index (κ3) is 1.76. The molecule has 0 aliphatic carbocycles. The molecule has 1 amide bonds. The summed E-state index contributed by atoms with van der Waals surface area (Å²) < 4.78 is 5.15. The van der Waals surface area contributed by atoms with Gasteiger partial charge in [0.05, 0.1) is 0 Å². The molecule has 0 radical (unpaired) electrons. The Labute approximate surface area is 107 Å². The molecule has 0 bridgehead atoms. The van der Waals surface area contributed by atoms with Crippen LogP contribution in [-0.2, 0) is 0 Å². The van der Waals surface area contributed by atoms with Crippen LogP contribution in [0.5, 0.6) is 0 Å². The first-order chi connectivity index (χ1) is 9.20. The van der Waals surface area contributed by atoms with E-state index in [-0.39, 0.29) is 5.56 Å². The highest BCUT2D eigenvalue weighted by atomic mass is 16.4. The number of hydrazine groups is 1. The van der Waals surface area contributed by atoms with Crippen molar-refractivity contribution in [3.05, 3.63) is 58.4 Å². The van der Waals surface area contributed by atoms with E-state index in [2.05, 4.69) is 0 Å². The topological polar surface area (TPSA) is 85.3 Å². The molecule has 0 unspecified atom stereocenters. The molecular weight excluding hydrogens is 244 g/mol. The summed E-state index contributed by atoms with van der Waals surface area (Å²) in [5.74, 6) is 4.39. The highest BCUT2D eigenvalue weighted by Crippen LogP contribution is 2.24. The molecule has 0 saturated carbocycles. The molecule has 19 heavy (non-hydrogen) atoms. The minimum Gasteiger partial charge on any atom is -0.422 e. The van der Waals surface area contributed by atoms with Crippen LogP contribution in [0.4, 0.5) is 0 Å². The molecular formula is C14H10N2O3. The molecule has 0 aliphatic rings. The zero-order valence-corrected chi connectivity index (χ0v) is 9.84. The number of nitrogens with one attached hydrogen (secondary N) is 1. The Morgan fingerprint density at radius 1 is 1.11 bits per heavy atom. The molecule has 0 spiro atoms. The van der Waals surface area contributed by atoms with Crippen molar-refractivity contribution in [1.82, 2.24) is 5.43 Å². The molecule has 5 nitrogen and oxygen atoms in total. The van der Waals surface area contributed by atoms with Crippen LogP contribution in [0.3, 0.4) is 0 Å². The van der Waals surface area contributed by atoms with Gasteiger partial charge in [0.15, 0.2) is 0 Å². The molecule has 3 aromatic rings. The molecule has 0 atom stereocenters. The summed E-state index contributed by atoms with van der Waals surface area (Å²) >= 11 is 0. The van der Waals surface area contributed by atoms with E-state index >= 15 is 0 Å². The standard InChI is InChI=1S/C14H10N2O3/c15-16-13(17)11-7-10-9-4-2-1-3-8(9)5-6-12(10)19-14(11)18/h1-7H,15H2,(H,16,17). The number of hydrogen-bond donors (Lipinski definition) is 2. The Morgan fingerprint density at radius 2 is 1.89 bits per heavy atom. The zero-order chi connectivity index (χ0) is 13.4. The Hall–Kier alpha value is -2.66. The predicted octanol–water partition coefficient (Wildman–Crippen LogP) is 1.55. The fraction of sp³-hybridized carbons (Fsp3) is 0. The van der Waals surface area contributed by atoms with Gasteiger partial charge in [-0.05, 0) is 22.9 Å². The number of amides is 1. The van der Waals surface area contributed by atoms with Crippen LogP contribution in [0.15, 0.2) is 51.7 Å². The van der Waals surface area contributed by atoms with E-state index < -0.39 is 11.5 Å². The highest BCUT2D eigenvalue weighted by molar-refractivity contribution is 6.07. The lowest BCUT2D eigenvalue weighted by atomic mass is 10.0. The first-order valence-electron chi connectivity index (χ1n) is 5.67. The van der Waals surface area contributed by atoms with Gasteiger partial charge in [0.2, 0.25) is 0 Å². The van der Waals surface area contributed by atoms with Crippen molar-refractivity contribution in [3.8, 4) is 0 Å². The molecule has 0 aliphatic heterocycles.